The molecule has 0 saturated carbocycles. The number of hydrogen-bond acceptors (Lipinski definition) is 2. The third kappa shape index (κ3) is 2.63. The van der Waals surface area contributed by atoms with Crippen LogP contribution in [0, 0.1) is 0 Å². The molecule has 0 radical (unpaired) electrons. The van der Waals surface area contributed by atoms with Gasteiger partial charge in [0.2, 0.25) is 0 Å². The lowest BCUT2D eigenvalue weighted by atomic mass is 10.1. The van der Waals surface area contributed by atoms with Crippen LogP contribution in [0.1, 0.15) is 5.56 Å². The van der Waals surface area contributed by atoms with E-state index in [0.717, 1.165) is 32.2 Å². The summed E-state index contributed by atoms with van der Waals surface area (Å²) in [5.74, 6) is 0.859. The van der Waals surface area contributed by atoms with Crippen molar-refractivity contribution >= 4 is 32.4 Å². The lowest BCUT2D eigenvalue weighted by Crippen LogP contribution is -1.97. The largest absolute Gasteiger partial charge is 0.488 e. The number of ether oxygens (including phenoxy) is 1. The number of nitrogen functional groups attached to an aromatic ring is 1. The van der Waals surface area contributed by atoms with E-state index in [-0.39, 0.29) is 0 Å². The Morgan fingerprint density at radius 1 is 0.850 bits per heavy atom. The minimum atomic E-state index is 0.543. The van der Waals surface area contributed by atoms with E-state index in [1.165, 1.54) is 0 Å². The highest BCUT2D eigenvalue weighted by molar-refractivity contribution is 9.10. The molecule has 0 heterocycles. The summed E-state index contributed by atoms with van der Waals surface area (Å²) in [6, 6.07) is 20.0. The molecule has 0 aliphatic carbocycles. The second-order valence-electron chi connectivity index (χ2n) is 4.61. The minimum Gasteiger partial charge on any atom is -0.488 e. The quantitative estimate of drug-likeness (QED) is 0.703. The molecule has 3 aromatic carbocycles. The van der Waals surface area contributed by atoms with Crippen LogP contribution in [0.2, 0.25) is 0 Å². The van der Waals surface area contributed by atoms with Crippen LogP contribution >= 0.6 is 15.9 Å². The van der Waals surface area contributed by atoms with Gasteiger partial charge in [-0.25, -0.2) is 0 Å². The van der Waals surface area contributed by atoms with Gasteiger partial charge in [0.25, 0.3) is 0 Å². The Bertz CT molecular complexity index is 738. The van der Waals surface area contributed by atoms with E-state index < -0.39 is 0 Å². The van der Waals surface area contributed by atoms with Gasteiger partial charge in [0, 0.05) is 20.9 Å². The lowest BCUT2D eigenvalue weighted by molar-refractivity contribution is 0.310. The molecular formula is C17H14BrNO. The first-order valence-electron chi connectivity index (χ1n) is 6.38. The predicted molar refractivity (Wildman–Crippen MR) is 86.8 cm³/mol. The number of rotatable bonds is 3. The van der Waals surface area contributed by atoms with E-state index in [2.05, 4.69) is 15.9 Å². The molecule has 2 nitrogen and oxygen atoms in total. The Kier molecular flexibility index (Phi) is 3.61. The molecule has 0 bridgehead atoms. The lowest BCUT2D eigenvalue weighted by Gasteiger charge is -2.11. The molecule has 0 unspecified atom stereocenters. The van der Waals surface area contributed by atoms with E-state index in [9.17, 15) is 0 Å². The van der Waals surface area contributed by atoms with Crippen LogP contribution in [0.5, 0.6) is 5.75 Å². The first-order valence-corrected chi connectivity index (χ1v) is 7.18. The zero-order valence-corrected chi connectivity index (χ0v) is 12.4. The number of fused-ring (bicyclic) bond motifs is 1. The van der Waals surface area contributed by atoms with Gasteiger partial charge in [-0.1, -0.05) is 52.3 Å². The van der Waals surface area contributed by atoms with Gasteiger partial charge in [0.05, 0.1) is 0 Å². The maximum absolute atomic E-state index is 5.99. The Morgan fingerprint density at radius 2 is 1.55 bits per heavy atom. The highest BCUT2D eigenvalue weighted by atomic mass is 79.9. The summed E-state index contributed by atoms with van der Waals surface area (Å²) in [5.41, 5.74) is 7.90. The first-order chi connectivity index (χ1) is 9.74. The van der Waals surface area contributed by atoms with Crippen molar-refractivity contribution in [3.63, 3.8) is 0 Å². The van der Waals surface area contributed by atoms with Crippen molar-refractivity contribution in [3.05, 3.63) is 70.7 Å². The maximum atomic E-state index is 5.99. The van der Waals surface area contributed by atoms with Gasteiger partial charge in [-0.05, 0) is 29.8 Å². The normalized spacial score (nSPS) is 10.7. The predicted octanol–water partition coefficient (Wildman–Crippen LogP) is 4.76. The van der Waals surface area contributed by atoms with Crippen molar-refractivity contribution < 1.29 is 4.74 Å². The fourth-order valence-corrected chi connectivity index (χ4v) is 2.43. The summed E-state index contributed by atoms with van der Waals surface area (Å²) in [6.45, 7) is 0.543. The van der Waals surface area contributed by atoms with Crippen molar-refractivity contribution in [1.82, 2.24) is 0 Å². The van der Waals surface area contributed by atoms with E-state index in [0.29, 0.717) is 6.61 Å². The molecule has 20 heavy (non-hydrogen) atoms. The molecule has 0 saturated heterocycles. The van der Waals surface area contributed by atoms with Crippen LogP contribution in [0.4, 0.5) is 5.69 Å². The Hall–Kier alpha value is -2.00. The molecule has 3 rings (SSSR count). The first kappa shape index (κ1) is 13.0. The zero-order valence-electron chi connectivity index (χ0n) is 10.8. The van der Waals surface area contributed by atoms with E-state index >= 15 is 0 Å². The van der Waals surface area contributed by atoms with Crippen molar-refractivity contribution in [2.75, 3.05) is 5.73 Å². The zero-order chi connectivity index (χ0) is 13.9. The van der Waals surface area contributed by atoms with Crippen LogP contribution in [0.3, 0.4) is 0 Å². The fraction of sp³-hybridized carbons (Fsp3) is 0.0588. The summed E-state index contributed by atoms with van der Waals surface area (Å²) >= 11 is 3.43. The summed E-state index contributed by atoms with van der Waals surface area (Å²) in [7, 11) is 0. The second-order valence-corrected chi connectivity index (χ2v) is 5.53. The molecule has 3 heteroatoms. The second kappa shape index (κ2) is 5.55. The molecular weight excluding hydrogens is 314 g/mol. The van der Waals surface area contributed by atoms with Gasteiger partial charge in [-0.15, -0.1) is 0 Å². The van der Waals surface area contributed by atoms with Gasteiger partial charge in [-0.2, -0.15) is 0 Å². The van der Waals surface area contributed by atoms with Crippen LogP contribution in [0.15, 0.2) is 65.1 Å². The number of halogens is 1. The Balaban J connectivity index is 1.88. The minimum absolute atomic E-state index is 0.543. The third-order valence-corrected chi connectivity index (χ3v) is 3.75. The number of benzene rings is 3. The summed E-state index contributed by atoms with van der Waals surface area (Å²) < 4.78 is 7.00. The van der Waals surface area contributed by atoms with Crippen LogP contribution < -0.4 is 10.5 Å². The summed E-state index contributed by atoms with van der Waals surface area (Å²) in [6.07, 6.45) is 0. The van der Waals surface area contributed by atoms with E-state index in [4.69, 9.17) is 10.5 Å². The average molecular weight is 328 g/mol. The molecule has 100 valence electrons. The summed E-state index contributed by atoms with van der Waals surface area (Å²) in [5, 5.41) is 2.07. The van der Waals surface area contributed by atoms with Crippen LogP contribution in [0.25, 0.3) is 10.8 Å². The number of hydrogen-bond donors (Lipinski definition) is 1. The van der Waals surface area contributed by atoms with Crippen LogP contribution in [-0.2, 0) is 6.61 Å². The SMILES string of the molecule is Nc1ccc(OCc2ccc(Br)cc2)c2ccccc12. The average Bonchev–Trinajstić information content (AvgIpc) is 2.49. The number of anilines is 1. The maximum Gasteiger partial charge on any atom is 0.127 e. The van der Waals surface area contributed by atoms with Gasteiger partial charge in [0.15, 0.2) is 0 Å². The smallest absolute Gasteiger partial charge is 0.127 e. The molecule has 0 fully saturated rings. The summed E-state index contributed by atoms with van der Waals surface area (Å²) in [4.78, 5) is 0. The molecule has 3 aromatic rings. The topological polar surface area (TPSA) is 35.2 Å². The molecule has 2 N–H and O–H groups in total. The monoisotopic (exact) mass is 327 g/mol. The molecule has 0 amide bonds. The van der Waals surface area contributed by atoms with E-state index in [1.807, 2.05) is 60.7 Å². The fourth-order valence-electron chi connectivity index (χ4n) is 2.16. The van der Waals surface area contributed by atoms with E-state index in [1.54, 1.807) is 0 Å². The molecule has 0 aromatic heterocycles. The third-order valence-electron chi connectivity index (χ3n) is 3.23. The van der Waals surface area contributed by atoms with Gasteiger partial charge in [-0.3, -0.25) is 0 Å². The molecule has 0 aliphatic heterocycles. The Morgan fingerprint density at radius 3 is 2.30 bits per heavy atom. The van der Waals surface area contributed by atoms with Gasteiger partial charge in [0.1, 0.15) is 12.4 Å². The van der Waals surface area contributed by atoms with Gasteiger partial charge < -0.3 is 10.5 Å². The highest BCUT2D eigenvalue weighted by Crippen LogP contribution is 2.30. The standard InChI is InChI=1S/C17H14BrNO/c18-13-7-5-12(6-8-13)11-20-17-10-9-16(19)14-3-1-2-4-15(14)17/h1-10H,11,19H2. The Labute approximate surface area is 126 Å². The number of nitrogens with two attached hydrogens (primary N) is 1. The van der Waals surface area contributed by atoms with Crippen molar-refractivity contribution in [2.45, 2.75) is 6.61 Å². The molecule has 0 aliphatic rings. The molecule has 0 spiro atoms. The van der Waals surface area contributed by atoms with Crippen molar-refractivity contribution in [3.8, 4) is 5.75 Å². The van der Waals surface area contributed by atoms with Crippen LogP contribution in [-0.4, -0.2) is 0 Å². The molecule has 0 atom stereocenters. The highest BCUT2D eigenvalue weighted by Gasteiger charge is 2.04. The van der Waals surface area contributed by atoms with Gasteiger partial charge >= 0.3 is 0 Å². The van der Waals surface area contributed by atoms with Crippen molar-refractivity contribution in [1.29, 1.82) is 0 Å². The van der Waals surface area contributed by atoms with Crippen molar-refractivity contribution in [2.24, 2.45) is 0 Å².